The molecular weight excluding hydrogens is 569 g/mol. The van der Waals surface area contributed by atoms with Gasteiger partial charge in [0, 0.05) is 38.8 Å². The topological polar surface area (TPSA) is 129 Å². The molecule has 5 aromatic rings. The van der Waals surface area contributed by atoms with Crippen LogP contribution in [0.25, 0.3) is 17.0 Å². The van der Waals surface area contributed by atoms with E-state index in [0.717, 1.165) is 26.4 Å². The lowest BCUT2D eigenvalue weighted by Crippen LogP contribution is -2.30. The van der Waals surface area contributed by atoms with Crippen molar-refractivity contribution in [1.29, 1.82) is 0 Å². The molecule has 3 amide bonds. The molecule has 11 heteroatoms. The first-order valence-corrected chi connectivity index (χ1v) is 14.9. The van der Waals surface area contributed by atoms with Crippen LogP contribution < -0.4 is 16.0 Å². The van der Waals surface area contributed by atoms with E-state index < -0.39 is 11.8 Å². The number of amides is 3. The summed E-state index contributed by atoms with van der Waals surface area (Å²) in [5.41, 5.74) is 2.72. The number of hydrogen-bond donors (Lipinski definition) is 4. The van der Waals surface area contributed by atoms with Gasteiger partial charge in [0.25, 0.3) is 11.8 Å². The average Bonchev–Trinajstić information content (AvgIpc) is 3.61. The van der Waals surface area contributed by atoms with Crippen LogP contribution in [0.15, 0.2) is 95.7 Å². The van der Waals surface area contributed by atoms with Crippen LogP contribution in [0.1, 0.15) is 34.3 Å². The van der Waals surface area contributed by atoms with Crippen LogP contribution in [0.2, 0.25) is 0 Å². The molecule has 2 aromatic heterocycles. The minimum absolute atomic E-state index is 0.0878. The fourth-order valence-electron chi connectivity index (χ4n) is 4.18. The maximum atomic E-state index is 13.6. The predicted molar refractivity (Wildman–Crippen MR) is 168 cm³/mol. The van der Waals surface area contributed by atoms with Crippen molar-refractivity contribution in [2.45, 2.75) is 30.4 Å². The van der Waals surface area contributed by atoms with E-state index in [-0.39, 0.29) is 16.9 Å². The number of nitrogens with zero attached hydrogens (tertiary/aromatic N) is 2. The highest BCUT2D eigenvalue weighted by molar-refractivity contribution is 8.00. The lowest BCUT2D eigenvalue weighted by molar-refractivity contribution is -0.116. The van der Waals surface area contributed by atoms with E-state index in [0.29, 0.717) is 22.8 Å². The second-order valence-electron chi connectivity index (χ2n) is 9.28. The van der Waals surface area contributed by atoms with Crippen molar-refractivity contribution in [1.82, 2.24) is 20.5 Å². The number of para-hydroxylation sites is 1. The Balaban J connectivity index is 1.35. The number of H-pyrrole nitrogens is 1. The Kier molecular flexibility index (Phi) is 9.10. The molecule has 9 nitrogen and oxygen atoms in total. The number of anilines is 2. The van der Waals surface area contributed by atoms with E-state index in [2.05, 4.69) is 31.1 Å². The molecule has 0 bridgehead atoms. The summed E-state index contributed by atoms with van der Waals surface area (Å²) in [6.45, 7) is 3.76. The number of hydrogen-bond acceptors (Lipinski definition) is 7. The Hall–Kier alpha value is -4.74. The maximum Gasteiger partial charge on any atom is 0.272 e. The van der Waals surface area contributed by atoms with E-state index in [1.165, 1.54) is 23.1 Å². The van der Waals surface area contributed by atoms with E-state index >= 15 is 0 Å². The number of benzene rings is 3. The SMILES string of the molecule is CCC(Sc1cccc(NC(=O)/C(=C/c2c[nH]c3ccccc23)NC(=O)c2ccccc2)c1)C(=O)Nc1nnc(C)s1. The maximum absolute atomic E-state index is 13.6. The minimum atomic E-state index is -0.483. The standard InChI is InChI=1S/C31H28N6O3S2/c1-3-27(30(40)35-31-37-36-19(2)41-31)42-23-13-9-12-22(17-23)33-29(39)26(34-28(38)20-10-5-4-6-11-20)16-21-18-32-25-15-8-7-14-24(21)25/h4-18,27,32H,3H2,1-2H3,(H,33,39)(H,34,38)(H,35,37,40)/b26-16-. The average molecular weight is 597 g/mol. The Morgan fingerprint density at radius 2 is 1.76 bits per heavy atom. The molecule has 212 valence electrons. The molecule has 0 radical (unpaired) electrons. The predicted octanol–water partition coefficient (Wildman–Crippen LogP) is 6.25. The van der Waals surface area contributed by atoms with Gasteiger partial charge >= 0.3 is 0 Å². The van der Waals surface area contributed by atoms with Gasteiger partial charge in [-0.25, -0.2) is 0 Å². The number of aryl methyl sites for hydroxylation is 1. The molecule has 2 heterocycles. The Morgan fingerprint density at radius 1 is 0.976 bits per heavy atom. The number of aromatic amines is 1. The molecule has 0 saturated carbocycles. The number of nitrogens with one attached hydrogen (secondary N) is 4. The quantitative estimate of drug-likeness (QED) is 0.111. The van der Waals surface area contributed by atoms with Crippen molar-refractivity contribution in [3.63, 3.8) is 0 Å². The van der Waals surface area contributed by atoms with Gasteiger partial charge in [0.15, 0.2) is 0 Å². The summed E-state index contributed by atoms with van der Waals surface area (Å²) in [6, 6.07) is 23.7. The van der Waals surface area contributed by atoms with Gasteiger partial charge in [0.1, 0.15) is 10.7 Å². The first kappa shape index (κ1) is 28.8. The van der Waals surface area contributed by atoms with E-state index in [1.807, 2.05) is 56.3 Å². The third-order valence-electron chi connectivity index (χ3n) is 6.24. The van der Waals surface area contributed by atoms with Crippen molar-refractivity contribution in [3.8, 4) is 0 Å². The molecule has 42 heavy (non-hydrogen) atoms. The second kappa shape index (κ2) is 13.3. The Labute approximate surface area is 250 Å². The van der Waals surface area contributed by atoms with Crippen LogP contribution >= 0.6 is 23.1 Å². The van der Waals surface area contributed by atoms with Crippen molar-refractivity contribution < 1.29 is 14.4 Å². The molecule has 5 rings (SSSR count). The molecule has 1 atom stereocenters. The molecule has 0 aliphatic carbocycles. The van der Waals surface area contributed by atoms with Crippen molar-refractivity contribution in [2.24, 2.45) is 0 Å². The van der Waals surface area contributed by atoms with E-state index in [1.54, 1.807) is 48.7 Å². The van der Waals surface area contributed by atoms with Crippen LogP contribution in [0.5, 0.6) is 0 Å². The third kappa shape index (κ3) is 7.12. The van der Waals surface area contributed by atoms with Crippen LogP contribution in [0, 0.1) is 6.92 Å². The fourth-order valence-corrected chi connectivity index (χ4v) is 5.78. The number of fused-ring (bicyclic) bond motifs is 1. The molecule has 0 aliphatic rings. The molecule has 0 fully saturated rings. The molecule has 0 aliphatic heterocycles. The second-order valence-corrected chi connectivity index (χ2v) is 11.7. The normalized spacial score (nSPS) is 12.1. The van der Waals surface area contributed by atoms with Crippen LogP contribution in [0.3, 0.4) is 0 Å². The zero-order valence-electron chi connectivity index (χ0n) is 22.9. The monoisotopic (exact) mass is 596 g/mol. The van der Waals surface area contributed by atoms with Crippen LogP contribution in [0.4, 0.5) is 10.8 Å². The van der Waals surface area contributed by atoms with Gasteiger partial charge in [0.05, 0.1) is 5.25 Å². The lowest BCUT2D eigenvalue weighted by atomic mass is 10.1. The number of carbonyl (C=O) groups is 3. The third-order valence-corrected chi connectivity index (χ3v) is 8.35. The van der Waals surface area contributed by atoms with Gasteiger partial charge in [-0.2, -0.15) is 0 Å². The Bertz CT molecular complexity index is 1760. The first-order valence-electron chi connectivity index (χ1n) is 13.2. The summed E-state index contributed by atoms with van der Waals surface area (Å²) < 4.78 is 0. The summed E-state index contributed by atoms with van der Waals surface area (Å²) >= 11 is 2.71. The molecule has 4 N–H and O–H groups in total. The zero-order valence-corrected chi connectivity index (χ0v) is 24.5. The number of thioether (sulfide) groups is 1. The highest BCUT2D eigenvalue weighted by Crippen LogP contribution is 2.29. The highest BCUT2D eigenvalue weighted by Gasteiger charge is 2.20. The molecule has 0 saturated heterocycles. The summed E-state index contributed by atoms with van der Waals surface area (Å²) in [5, 5.41) is 18.2. The number of aromatic nitrogens is 3. The lowest BCUT2D eigenvalue weighted by Gasteiger charge is -2.15. The fraction of sp³-hybridized carbons (Fsp3) is 0.129. The van der Waals surface area contributed by atoms with E-state index in [9.17, 15) is 14.4 Å². The van der Waals surface area contributed by atoms with Gasteiger partial charge in [-0.3, -0.25) is 19.7 Å². The van der Waals surface area contributed by atoms with Gasteiger partial charge in [-0.1, -0.05) is 60.7 Å². The van der Waals surface area contributed by atoms with Gasteiger partial charge in [-0.05, 0) is 55.8 Å². The van der Waals surface area contributed by atoms with Crippen LogP contribution in [-0.4, -0.2) is 38.2 Å². The van der Waals surface area contributed by atoms with Crippen molar-refractivity contribution in [3.05, 3.63) is 107 Å². The molecule has 3 aromatic carbocycles. The smallest absolute Gasteiger partial charge is 0.272 e. The van der Waals surface area contributed by atoms with E-state index in [4.69, 9.17) is 0 Å². The number of rotatable bonds is 10. The zero-order chi connectivity index (χ0) is 29.5. The van der Waals surface area contributed by atoms with Gasteiger partial charge < -0.3 is 15.6 Å². The Morgan fingerprint density at radius 3 is 2.52 bits per heavy atom. The van der Waals surface area contributed by atoms with Crippen LogP contribution in [-0.2, 0) is 9.59 Å². The van der Waals surface area contributed by atoms with Gasteiger partial charge in [-0.15, -0.1) is 22.0 Å². The summed E-state index contributed by atoms with van der Waals surface area (Å²) in [5.74, 6) is -1.05. The first-order chi connectivity index (χ1) is 20.4. The van der Waals surface area contributed by atoms with Gasteiger partial charge in [0.2, 0.25) is 11.0 Å². The molecule has 0 spiro atoms. The summed E-state index contributed by atoms with van der Waals surface area (Å²) in [7, 11) is 0. The van der Waals surface area contributed by atoms with Crippen molar-refractivity contribution in [2.75, 3.05) is 10.6 Å². The summed E-state index contributed by atoms with van der Waals surface area (Å²) in [6.07, 6.45) is 4.04. The van der Waals surface area contributed by atoms with Crippen molar-refractivity contribution >= 4 is 68.6 Å². The number of carbonyl (C=O) groups excluding carboxylic acids is 3. The molecular formula is C31H28N6O3S2. The molecule has 1 unspecified atom stereocenters. The minimum Gasteiger partial charge on any atom is -0.361 e. The highest BCUT2D eigenvalue weighted by atomic mass is 32.2. The largest absolute Gasteiger partial charge is 0.361 e. The summed E-state index contributed by atoms with van der Waals surface area (Å²) in [4.78, 5) is 43.4.